The van der Waals surface area contributed by atoms with Gasteiger partial charge in [-0.15, -0.1) is 0 Å². The van der Waals surface area contributed by atoms with Gasteiger partial charge in [0.05, 0.1) is 0 Å². The average molecular weight is 267 g/mol. The van der Waals surface area contributed by atoms with Gasteiger partial charge >= 0.3 is 0 Å². The van der Waals surface area contributed by atoms with Crippen molar-refractivity contribution in [1.29, 1.82) is 0 Å². The van der Waals surface area contributed by atoms with Crippen molar-refractivity contribution in [2.75, 3.05) is 0 Å². The van der Waals surface area contributed by atoms with E-state index in [1.54, 1.807) is 6.07 Å². The summed E-state index contributed by atoms with van der Waals surface area (Å²) < 4.78 is 0. The number of carbonyl (C=O) groups is 1. The molecule has 0 heterocycles. The highest BCUT2D eigenvalue weighted by Crippen LogP contribution is 2.17. The maximum Gasteiger partial charge on any atom is 0.163 e. The number of nitrogens with zero attached hydrogens (tertiary/aromatic N) is 1. The number of Topliss-reactive ketones (excluding diaryl/α,β-unsaturated/α-hetero) is 1. The third kappa shape index (κ3) is 2.94. The van der Waals surface area contributed by atoms with Crippen LogP contribution in [0.2, 0.25) is 0 Å². The predicted octanol–water partition coefficient (Wildman–Crippen LogP) is 3.90. The second kappa shape index (κ2) is 6.66. The summed E-state index contributed by atoms with van der Waals surface area (Å²) in [5.74, 6) is 0.0696. The first-order chi connectivity index (χ1) is 9.77. The summed E-state index contributed by atoms with van der Waals surface area (Å²) in [6.07, 6.45) is 1.29. The van der Waals surface area contributed by atoms with E-state index >= 15 is 0 Å². The van der Waals surface area contributed by atoms with Gasteiger partial charge in [0, 0.05) is 23.1 Å². The lowest BCUT2D eigenvalue weighted by Gasteiger charge is -2.10. The molecule has 0 saturated carbocycles. The molecule has 0 aromatic heterocycles. The first kappa shape index (κ1) is 14.0. The van der Waals surface area contributed by atoms with Crippen LogP contribution in [0.5, 0.6) is 0 Å². The normalized spacial score (nSPS) is 11.3. The number of ketones is 1. The van der Waals surface area contributed by atoms with Crippen molar-refractivity contribution in [3.8, 4) is 0 Å². The smallest absolute Gasteiger partial charge is 0.163 e. The third-order valence-electron chi connectivity index (χ3n) is 3.11. The van der Waals surface area contributed by atoms with E-state index in [-0.39, 0.29) is 5.78 Å². The third-order valence-corrected chi connectivity index (χ3v) is 3.11. The monoisotopic (exact) mass is 267 g/mol. The largest absolute Gasteiger partial charge is 0.410 e. The fourth-order valence-electron chi connectivity index (χ4n) is 2.16. The maximum absolute atomic E-state index is 12.2. The molecule has 0 bridgehead atoms. The van der Waals surface area contributed by atoms with E-state index in [0.717, 1.165) is 12.0 Å². The molecule has 2 aromatic rings. The molecule has 0 spiro atoms. The zero-order chi connectivity index (χ0) is 14.4. The van der Waals surface area contributed by atoms with E-state index in [1.165, 1.54) is 0 Å². The second-order valence-electron chi connectivity index (χ2n) is 4.53. The standard InChI is InChI=1S/C17H17NO2/c1-2-8-16(19)14-11-6-7-12-15(14)17(18-20)13-9-4-3-5-10-13/h3-7,9-12,20H,2,8H2,1H3. The molecule has 0 saturated heterocycles. The number of oxime groups is 1. The summed E-state index contributed by atoms with van der Waals surface area (Å²) in [5.41, 5.74) is 2.48. The van der Waals surface area contributed by atoms with E-state index in [2.05, 4.69) is 5.16 Å². The van der Waals surface area contributed by atoms with Crippen LogP contribution < -0.4 is 0 Å². The van der Waals surface area contributed by atoms with Crippen LogP contribution in [0.25, 0.3) is 0 Å². The van der Waals surface area contributed by atoms with Gasteiger partial charge in [-0.05, 0) is 6.42 Å². The maximum atomic E-state index is 12.2. The van der Waals surface area contributed by atoms with Gasteiger partial charge in [-0.3, -0.25) is 4.79 Å². The quantitative estimate of drug-likeness (QED) is 0.386. The van der Waals surface area contributed by atoms with Crippen LogP contribution >= 0.6 is 0 Å². The van der Waals surface area contributed by atoms with Gasteiger partial charge in [-0.1, -0.05) is 66.7 Å². The van der Waals surface area contributed by atoms with Crippen LogP contribution in [-0.4, -0.2) is 16.7 Å². The number of carbonyl (C=O) groups excluding carboxylic acids is 1. The first-order valence-corrected chi connectivity index (χ1v) is 6.68. The van der Waals surface area contributed by atoms with Crippen LogP contribution in [-0.2, 0) is 0 Å². The number of rotatable bonds is 5. The molecule has 0 aliphatic heterocycles. The summed E-state index contributed by atoms with van der Waals surface area (Å²) >= 11 is 0. The Morgan fingerprint density at radius 1 is 1.00 bits per heavy atom. The van der Waals surface area contributed by atoms with Gasteiger partial charge in [0.1, 0.15) is 5.71 Å². The Morgan fingerprint density at radius 2 is 1.60 bits per heavy atom. The highest BCUT2D eigenvalue weighted by Gasteiger charge is 2.16. The van der Waals surface area contributed by atoms with Gasteiger partial charge in [0.2, 0.25) is 0 Å². The van der Waals surface area contributed by atoms with E-state index in [1.807, 2.05) is 55.5 Å². The van der Waals surface area contributed by atoms with Gasteiger partial charge in [-0.25, -0.2) is 0 Å². The van der Waals surface area contributed by atoms with Crippen LogP contribution in [0.15, 0.2) is 59.8 Å². The Balaban J connectivity index is 2.49. The SMILES string of the molecule is CCCC(=O)c1ccccc1C(=NO)c1ccccc1. The number of hydrogen-bond donors (Lipinski definition) is 1. The van der Waals surface area contributed by atoms with Crippen molar-refractivity contribution in [2.24, 2.45) is 5.16 Å². The van der Waals surface area contributed by atoms with E-state index < -0.39 is 0 Å². The van der Waals surface area contributed by atoms with Crippen molar-refractivity contribution in [2.45, 2.75) is 19.8 Å². The fourth-order valence-corrected chi connectivity index (χ4v) is 2.16. The second-order valence-corrected chi connectivity index (χ2v) is 4.53. The molecule has 3 heteroatoms. The number of hydrogen-bond acceptors (Lipinski definition) is 3. The lowest BCUT2D eigenvalue weighted by Crippen LogP contribution is -2.11. The lowest BCUT2D eigenvalue weighted by molar-refractivity contribution is 0.0981. The van der Waals surface area contributed by atoms with Gasteiger partial charge in [0.15, 0.2) is 5.78 Å². The Kier molecular flexibility index (Phi) is 4.66. The molecule has 0 amide bonds. The summed E-state index contributed by atoms with van der Waals surface area (Å²) in [6, 6.07) is 16.6. The average Bonchev–Trinajstić information content (AvgIpc) is 2.50. The molecule has 102 valence electrons. The highest BCUT2D eigenvalue weighted by atomic mass is 16.4. The first-order valence-electron chi connectivity index (χ1n) is 6.68. The Bertz CT molecular complexity index is 618. The van der Waals surface area contributed by atoms with E-state index in [0.29, 0.717) is 23.3 Å². The lowest BCUT2D eigenvalue weighted by atomic mass is 9.94. The van der Waals surface area contributed by atoms with E-state index in [4.69, 9.17) is 0 Å². The minimum Gasteiger partial charge on any atom is -0.410 e. The van der Waals surface area contributed by atoms with Gasteiger partial charge in [0.25, 0.3) is 0 Å². The molecule has 0 unspecified atom stereocenters. The van der Waals surface area contributed by atoms with Crippen LogP contribution in [0.4, 0.5) is 0 Å². The molecule has 0 aliphatic carbocycles. The molecule has 20 heavy (non-hydrogen) atoms. The molecule has 0 aliphatic rings. The molecule has 0 fully saturated rings. The summed E-state index contributed by atoms with van der Waals surface area (Å²) in [6.45, 7) is 1.97. The van der Waals surface area contributed by atoms with Gasteiger partial charge in [-0.2, -0.15) is 0 Å². The van der Waals surface area contributed by atoms with E-state index in [9.17, 15) is 10.0 Å². The topological polar surface area (TPSA) is 49.7 Å². The molecular weight excluding hydrogens is 250 g/mol. The Hall–Kier alpha value is -2.42. The van der Waals surface area contributed by atoms with Crippen LogP contribution in [0.1, 0.15) is 41.3 Å². The van der Waals surface area contributed by atoms with Crippen molar-refractivity contribution >= 4 is 11.5 Å². The number of benzene rings is 2. The Labute approximate surface area is 118 Å². The summed E-state index contributed by atoms with van der Waals surface area (Å²) in [7, 11) is 0. The minimum atomic E-state index is 0.0696. The minimum absolute atomic E-state index is 0.0696. The molecule has 2 aromatic carbocycles. The summed E-state index contributed by atoms with van der Waals surface area (Å²) in [5, 5.41) is 12.7. The summed E-state index contributed by atoms with van der Waals surface area (Å²) in [4.78, 5) is 12.2. The fraction of sp³-hybridized carbons (Fsp3) is 0.176. The predicted molar refractivity (Wildman–Crippen MR) is 79.5 cm³/mol. The Morgan fingerprint density at radius 3 is 2.20 bits per heavy atom. The zero-order valence-electron chi connectivity index (χ0n) is 11.4. The zero-order valence-corrected chi connectivity index (χ0v) is 11.4. The van der Waals surface area contributed by atoms with Crippen LogP contribution in [0.3, 0.4) is 0 Å². The molecular formula is C17H17NO2. The molecule has 1 N–H and O–H groups in total. The molecule has 0 radical (unpaired) electrons. The molecule has 0 atom stereocenters. The molecule has 3 nitrogen and oxygen atoms in total. The van der Waals surface area contributed by atoms with Crippen molar-refractivity contribution in [3.05, 3.63) is 71.3 Å². The van der Waals surface area contributed by atoms with Crippen LogP contribution in [0, 0.1) is 0 Å². The van der Waals surface area contributed by atoms with Gasteiger partial charge < -0.3 is 5.21 Å². The van der Waals surface area contributed by atoms with Crippen molar-refractivity contribution in [3.63, 3.8) is 0 Å². The molecule has 2 rings (SSSR count). The van der Waals surface area contributed by atoms with Crippen molar-refractivity contribution in [1.82, 2.24) is 0 Å². The highest BCUT2D eigenvalue weighted by molar-refractivity contribution is 6.18. The van der Waals surface area contributed by atoms with Crippen molar-refractivity contribution < 1.29 is 10.0 Å².